The van der Waals surface area contributed by atoms with Gasteiger partial charge in [0.1, 0.15) is 0 Å². The summed E-state index contributed by atoms with van der Waals surface area (Å²) in [7, 11) is 0. The van der Waals surface area contributed by atoms with E-state index in [9.17, 15) is 26.3 Å². The number of hydrogen-bond acceptors (Lipinski definition) is 4. The second-order valence-electron chi connectivity index (χ2n) is 5.96. The maximum Gasteiger partial charge on any atom is 0.416 e. The van der Waals surface area contributed by atoms with Gasteiger partial charge < -0.3 is 4.52 Å². The van der Waals surface area contributed by atoms with Crippen LogP contribution in [0.15, 0.2) is 51.9 Å². The van der Waals surface area contributed by atoms with Crippen LogP contribution in [0, 0.1) is 0 Å². The number of benzene rings is 2. The number of thioether (sulfide) groups is 1. The third-order valence-electron chi connectivity index (χ3n) is 3.69. The first-order chi connectivity index (χ1) is 14.0. The fourth-order valence-electron chi connectivity index (χ4n) is 2.32. The SMILES string of the molecule is FC(F)(F)c1cc(/C=C/c2noc(CSc3ccc(Cl)cc3)n2)cc(C(F)(F)F)c1. The number of nitrogens with zero attached hydrogens (tertiary/aromatic N) is 2. The van der Waals surface area contributed by atoms with Gasteiger partial charge in [0.25, 0.3) is 0 Å². The first kappa shape index (κ1) is 22.2. The second-order valence-corrected chi connectivity index (χ2v) is 7.45. The van der Waals surface area contributed by atoms with Crippen molar-refractivity contribution >= 4 is 35.5 Å². The Morgan fingerprint density at radius 2 is 1.50 bits per heavy atom. The molecule has 0 saturated carbocycles. The number of hydrogen-bond donors (Lipinski definition) is 0. The molecule has 0 aliphatic heterocycles. The van der Waals surface area contributed by atoms with E-state index in [0.717, 1.165) is 11.0 Å². The highest BCUT2D eigenvalue weighted by molar-refractivity contribution is 7.98. The Morgan fingerprint density at radius 3 is 2.07 bits per heavy atom. The van der Waals surface area contributed by atoms with Gasteiger partial charge in [0.15, 0.2) is 5.82 Å². The van der Waals surface area contributed by atoms with Crippen molar-refractivity contribution in [3.8, 4) is 0 Å². The van der Waals surface area contributed by atoms with Crippen molar-refractivity contribution in [2.75, 3.05) is 0 Å². The second kappa shape index (κ2) is 8.73. The molecule has 0 saturated heterocycles. The molecule has 0 unspecified atom stereocenters. The average Bonchev–Trinajstić information content (AvgIpc) is 3.12. The number of halogens is 7. The van der Waals surface area contributed by atoms with E-state index in [2.05, 4.69) is 10.1 Å². The monoisotopic (exact) mass is 464 g/mol. The summed E-state index contributed by atoms with van der Waals surface area (Å²) in [6, 6.07) is 8.34. The Kier molecular flexibility index (Phi) is 6.47. The van der Waals surface area contributed by atoms with E-state index in [4.69, 9.17) is 16.1 Å². The predicted molar refractivity (Wildman–Crippen MR) is 101 cm³/mol. The lowest BCUT2D eigenvalue weighted by Crippen LogP contribution is -2.11. The summed E-state index contributed by atoms with van der Waals surface area (Å²) < 4.78 is 82.5. The van der Waals surface area contributed by atoms with Crippen molar-refractivity contribution in [1.82, 2.24) is 10.1 Å². The summed E-state index contributed by atoms with van der Waals surface area (Å²) >= 11 is 7.19. The molecule has 0 N–H and O–H groups in total. The molecule has 11 heteroatoms. The van der Waals surface area contributed by atoms with Crippen LogP contribution in [-0.4, -0.2) is 10.1 Å². The minimum Gasteiger partial charge on any atom is -0.338 e. The third kappa shape index (κ3) is 6.02. The smallest absolute Gasteiger partial charge is 0.338 e. The molecule has 30 heavy (non-hydrogen) atoms. The average molecular weight is 465 g/mol. The minimum atomic E-state index is -4.91. The summed E-state index contributed by atoms with van der Waals surface area (Å²) in [6.45, 7) is 0. The van der Waals surface area contributed by atoms with Crippen molar-refractivity contribution in [3.63, 3.8) is 0 Å². The normalized spacial score (nSPS) is 12.6. The first-order valence-electron chi connectivity index (χ1n) is 8.19. The van der Waals surface area contributed by atoms with E-state index in [-0.39, 0.29) is 23.3 Å². The van der Waals surface area contributed by atoms with Gasteiger partial charge in [-0.2, -0.15) is 31.3 Å². The Hall–Kier alpha value is -2.46. The third-order valence-corrected chi connectivity index (χ3v) is 4.94. The van der Waals surface area contributed by atoms with Gasteiger partial charge in [-0.05, 0) is 54.1 Å². The molecule has 0 aliphatic carbocycles. The lowest BCUT2D eigenvalue weighted by Gasteiger charge is -2.12. The lowest BCUT2D eigenvalue weighted by molar-refractivity contribution is -0.143. The van der Waals surface area contributed by atoms with Crippen molar-refractivity contribution in [2.45, 2.75) is 23.0 Å². The van der Waals surface area contributed by atoms with E-state index < -0.39 is 23.5 Å². The molecule has 2 aromatic carbocycles. The zero-order chi connectivity index (χ0) is 21.9. The van der Waals surface area contributed by atoms with Crippen LogP contribution in [0.4, 0.5) is 26.3 Å². The Morgan fingerprint density at radius 1 is 0.900 bits per heavy atom. The molecule has 0 radical (unpaired) electrons. The highest BCUT2D eigenvalue weighted by atomic mass is 35.5. The zero-order valence-electron chi connectivity index (χ0n) is 14.8. The largest absolute Gasteiger partial charge is 0.416 e. The highest BCUT2D eigenvalue weighted by Crippen LogP contribution is 2.36. The van der Waals surface area contributed by atoms with E-state index in [1.54, 1.807) is 24.3 Å². The molecule has 158 valence electrons. The van der Waals surface area contributed by atoms with Crippen LogP contribution in [0.5, 0.6) is 0 Å². The molecule has 0 amide bonds. The first-order valence-corrected chi connectivity index (χ1v) is 9.55. The molecule has 0 bridgehead atoms. The van der Waals surface area contributed by atoms with E-state index >= 15 is 0 Å². The van der Waals surface area contributed by atoms with Crippen LogP contribution in [0.1, 0.15) is 28.4 Å². The van der Waals surface area contributed by atoms with Crippen LogP contribution in [0.2, 0.25) is 5.02 Å². The van der Waals surface area contributed by atoms with Gasteiger partial charge in [0, 0.05) is 9.92 Å². The van der Waals surface area contributed by atoms with Crippen molar-refractivity contribution in [1.29, 1.82) is 0 Å². The van der Waals surface area contributed by atoms with Gasteiger partial charge in [-0.15, -0.1) is 11.8 Å². The van der Waals surface area contributed by atoms with Gasteiger partial charge in [0.2, 0.25) is 5.89 Å². The lowest BCUT2D eigenvalue weighted by atomic mass is 10.0. The molecule has 3 aromatic rings. The molecule has 0 fully saturated rings. The summed E-state index contributed by atoms with van der Waals surface area (Å²) in [5.41, 5.74) is -3.09. The van der Waals surface area contributed by atoms with Gasteiger partial charge in [-0.1, -0.05) is 22.8 Å². The summed E-state index contributed by atoms with van der Waals surface area (Å²) in [5.74, 6) is 0.590. The van der Waals surface area contributed by atoms with Crippen LogP contribution in [0.25, 0.3) is 12.2 Å². The van der Waals surface area contributed by atoms with Crippen LogP contribution in [-0.2, 0) is 18.1 Å². The van der Waals surface area contributed by atoms with Crippen molar-refractivity contribution < 1.29 is 30.9 Å². The zero-order valence-corrected chi connectivity index (χ0v) is 16.3. The highest BCUT2D eigenvalue weighted by Gasteiger charge is 2.36. The Labute approximate surface area is 175 Å². The molecule has 3 nitrogen and oxygen atoms in total. The molecule has 0 spiro atoms. The van der Waals surface area contributed by atoms with Gasteiger partial charge in [-0.25, -0.2) is 0 Å². The van der Waals surface area contributed by atoms with Crippen LogP contribution >= 0.6 is 23.4 Å². The number of rotatable bonds is 5. The van der Waals surface area contributed by atoms with Crippen molar-refractivity contribution in [3.05, 3.63) is 75.9 Å². The molecule has 1 aromatic heterocycles. The Balaban J connectivity index is 1.75. The molecule has 1 heterocycles. The number of aromatic nitrogens is 2. The summed E-state index contributed by atoms with van der Waals surface area (Å²) in [5, 5.41) is 4.24. The molecule has 0 atom stereocenters. The van der Waals surface area contributed by atoms with Gasteiger partial charge in [-0.3, -0.25) is 0 Å². The van der Waals surface area contributed by atoms with E-state index in [1.807, 2.05) is 0 Å². The Bertz CT molecular complexity index is 1010. The standard InChI is InChI=1S/C19H11ClF6N2OS/c20-14-2-4-15(5-3-14)30-10-17-27-16(28-29-17)6-1-11-7-12(18(21,22)23)9-13(8-11)19(24,25)26/h1-9H,10H2/b6-1+. The molecular formula is C19H11ClF6N2OS. The summed E-state index contributed by atoms with van der Waals surface area (Å²) in [6.07, 6.45) is -7.59. The maximum atomic E-state index is 12.9. The fourth-order valence-corrected chi connectivity index (χ4v) is 3.18. The topological polar surface area (TPSA) is 38.9 Å². The predicted octanol–water partition coefficient (Wildman–Crippen LogP) is 7.22. The quantitative estimate of drug-likeness (QED) is 0.295. The summed E-state index contributed by atoms with van der Waals surface area (Å²) in [4.78, 5) is 4.95. The fraction of sp³-hybridized carbons (Fsp3) is 0.158. The van der Waals surface area contributed by atoms with Gasteiger partial charge >= 0.3 is 12.4 Å². The minimum absolute atomic E-state index is 0.0210. The molecule has 0 aliphatic rings. The van der Waals surface area contributed by atoms with E-state index in [1.165, 1.54) is 17.8 Å². The van der Waals surface area contributed by atoms with Gasteiger partial charge in [0.05, 0.1) is 16.9 Å². The molecular weight excluding hydrogens is 454 g/mol. The van der Waals surface area contributed by atoms with Crippen molar-refractivity contribution in [2.24, 2.45) is 0 Å². The van der Waals surface area contributed by atoms with Crippen LogP contribution in [0.3, 0.4) is 0 Å². The van der Waals surface area contributed by atoms with Crippen LogP contribution < -0.4 is 0 Å². The maximum absolute atomic E-state index is 12.9. The molecule has 3 rings (SSSR count). The number of alkyl halides is 6. The van der Waals surface area contributed by atoms with E-state index in [0.29, 0.717) is 22.9 Å².